The van der Waals surface area contributed by atoms with Gasteiger partial charge in [-0.05, 0) is 52.3 Å². The summed E-state index contributed by atoms with van der Waals surface area (Å²) in [6.45, 7) is 9.52. The molecule has 0 heterocycles. The third-order valence-corrected chi connectivity index (χ3v) is 4.97. The van der Waals surface area contributed by atoms with Crippen molar-refractivity contribution in [3.05, 3.63) is 36.9 Å². The summed E-state index contributed by atoms with van der Waals surface area (Å²) < 4.78 is 31.0. The van der Waals surface area contributed by atoms with E-state index in [2.05, 4.69) is 27.1 Å². The zero-order chi connectivity index (χ0) is 22.0. The van der Waals surface area contributed by atoms with Crippen LogP contribution in [0.3, 0.4) is 0 Å². The topological polar surface area (TPSA) is 128 Å². The summed E-state index contributed by atoms with van der Waals surface area (Å²) in [5.74, 6) is -0.639. The normalized spacial score (nSPS) is 17.5. The van der Waals surface area contributed by atoms with E-state index >= 15 is 0 Å². The number of hydrogen-bond acceptors (Lipinski definition) is 7. The first-order valence-corrected chi connectivity index (χ1v) is 10.2. The molecule has 2 rings (SSSR count). The molecule has 1 aliphatic carbocycles. The highest BCUT2D eigenvalue weighted by Crippen LogP contribution is 2.39. The van der Waals surface area contributed by atoms with E-state index in [9.17, 15) is 18.0 Å². The molecule has 0 unspecified atom stereocenters. The number of benzene rings is 1. The Bertz CT molecular complexity index is 757. The number of carbonyl (C=O) groups is 2. The number of sulfonamides is 1. The quantitative estimate of drug-likeness (QED) is 0.480. The van der Waals surface area contributed by atoms with Crippen LogP contribution < -0.4 is 15.8 Å². The number of anilines is 1. The highest BCUT2D eigenvalue weighted by Gasteiger charge is 2.42. The van der Waals surface area contributed by atoms with Crippen LogP contribution in [0, 0.1) is 11.8 Å². The lowest BCUT2D eigenvalue weighted by Crippen LogP contribution is -2.32. The molecule has 1 amide bonds. The van der Waals surface area contributed by atoms with Crippen LogP contribution in [0.2, 0.25) is 0 Å². The molecule has 0 bridgehead atoms. The minimum Gasteiger partial charge on any atom is -0.462 e. The second kappa shape index (κ2) is 11.5. The predicted octanol–water partition coefficient (Wildman–Crippen LogP) is 1.89. The first-order chi connectivity index (χ1) is 13.1. The lowest BCUT2D eigenvalue weighted by atomic mass is 10.2. The largest absolute Gasteiger partial charge is 0.462 e. The SMILES string of the molecule is C=C[C@@H]1C[C@@H]1C(=O)NS(=O)(=O)c1ccccc1NC.CC(C)(C)OC=O.CN. The minimum absolute atomic E-state index is 0.0710. The van der Waals surface area contributed by atoms with Crippen molar-refractivity contribution in [2.24, 2.45) is 17.6 Å². The van der Waals surface area contributed by atoms with E-state index in [-0.39, 0.29) is 22.3 Å². The van der Waals surface area contributed by atoms with Crippen LogP contribution in [0.4, 0.5) is 5.69 Å². The highest BCUT2D eigenvalue weighted by atomic mass is 32.2. The molecule has 0 spiro atoms. The van der Waals surface area contributed by atoms with Crippen LogP contribution >= 0.6 is 0 Å². The second-order valence-electron chi connectivity index (χ2n) is 6.78. The third-order valence-electron chi connectivity index (χ3n) is 3.56. The van der Waals surface area contributed by atoms with Crippen LogP contribution in [0.1, 0.15) is 27.2 Å². The number of ether oxygens (including phenoxy) is 1. The van der Waals surface area contributed by atoms with Gasteiger partial charge in [0.1, 0.15) is 10.5 Å². The molecule has 1 aromatic carbocycles. The fraction of sp³-hybridized carbons (Fsp3) is 0.474. The van der Waals surface area contributed by atoms with E-state index in [4.69, 9.17) is 0 Å². The van der Waals surface area contributed by atoms with Gasteiger partial charge in [0.25, 0.3) is 16.5 Å². The molecule has 158 valence electrons. The molecule has 0 aliphatic heterocycles. The van der Waals surface area contributed by atoms with Gasteiger partial charge in [0.2, 0.25) is 5.91 Å². The Labute approximate surface area is 167 Å². The Kier molecular flexibility index (Phi) is 10.5. The standard InChI is InChI=1S/C13H16N2O3S.C5H10O2.CH5N/c1-3-9-8-10(9)13(16)15-19(17,18)12-7-5-4-6-11(12)14-2;1-5(2,3)7-4-6;1-2/h3-7,9-10,14H,1,8H2,2H3,(H,15,16);4H,1-3H3;2H2,1H3/t9-,10+;;/m1../s1. The number of hydrogen-bond donors (Lipinski definition) is 3. The Morgan fingerprint density at radius 1 is 1.29 bits per heavy atom. The number of nitrogens with two attached hydrogens (primary N) is 1. The van der Waals surface area contributed by atoms with E-state index in [1.165, 1.54) is 13.1 Å². The lowest BCUT2D eigenvalue weighted by Gasteiger charge is -2.14. The summed E-state index contributed by atoms with van der Waals surface area (Å²) >= 11 is 0. The fourth-order valence-corrected chi connectivity index (χ4v) is 3.34. The summed E-state index contributed by atoms with van der Waals surface area (Å²) in [6, 6.07) is 6.44. The van der Waals surface area contributed by atoms with Gasteiger partial charge in [-0.2, -0.15) is 0 Å². The maximum Gasteiger partial charge on any atom is 0.293 e. The summed E-state index contributed by atoms with van der Waals surface area (Å²) in [5.41, 5.74) is 4.64. The molecule has 1 fully saturated rings. The molecule has 0 radical (unpaired) electrons. The molecule has 4 N–H and O–H groups in total. The van der Waals surface area contributed by atoms with E-state index in [1.807, 2.05) is 20.8 Å². The predicted molar refractivity (Wildman–Crippen MR) is 110 cm³/mol. The second-order valence-corrected chi connectivity index (χ2v) is 8.43. The van der Waals surface area contributed by atoms with E-state index < -0.39 is 15.9 Å². The molecule has 1 aliphatic rings. The van der Waals surface area contributed by atoms with Gasteiger partial charge in [-0.1, -0.05) is 18.2 Å². The van der Waals surface area contributed by atoms with Crippen molar-refractivity contribution < 1.29 is 22.7 Å². The van der Waals surface area contributed by atoms with Gasteiger partial charge in [-0.3, -0.25) is 9.59 Å². The van der Waals surface area contributed by atoms with Crippen molar-refractivity contribution in [2.75, 3.05) is 19.4 Å². The van der Waals surface area contributed by atoms with Crippen molar-refractivity contribution in [3.63, 3.8) is 0 Å². The minimum atomic E-state index is -3.84. The van der Waals surface area contributed by atoms with E-state index in [0.29, 0.717) is 18.6 Å². The van der Waals surface area contributed by atoms with Crippen molar-refractivity contribution in [3.8, 4) is 0 Å². The Hall–Kier alpha value is -2.39. The first-order valence-electron chi connectivity index (χ1n) is 8.71. The fourth-order valence-electron chi connectivity index (χ4n) is 2.09. The summed E-state index contributed by atoms with van der Waals surface area (Å²) in [4.78, 5) is 21.5. The van der Waals surface area contributed by atoms with Gasteiger partial charge in [-0.25, -0.2) is 13.1 Å². The van der Waals surface area contributed by atoms with Crippen LogP contribution in [-0.4, -0.2) is 40.5 Å². The van der Waals surface area contributed by atoms with Crippen LogP contribution in [-0.2, 0) is 24.3 Å². The van der Waals surface area contributed by atoms with Crippen LogP contribution in [0.5, 0.6) is 0 Å². The number of allylic oxidation sites excluding steroid dienone is 1. The summed E-state index contributed by atoms with van der Waals surface area (Å²) in [5, 5.41) is 2.79. The Morgan fingerprint density at radius 2 is 1.86 bits per heavy atom. The monoisotopic (exact) mass is 413 g/mol. The van der Waals surface area contributed by atoms with Crippen LogP contribution in [0.25, 0.3) is 0 Å². The molecular formula is C19H31N3O5S. The highest BCUT2D eigenvalue weighted by molar-refractivity contribution is 7.90. The molecule has 28 heavy (non-hydrogen) atoms. The van der Waals surface area contributed by atoms with Crippen molar-refractivity contribution in [2.45, 2.75) is 37.7 Å². The van der Waals surface area contributed by atoms with Gasteiger partial charge in [0.05, 0.1) is 5.69 Å². The maximum absolute atomic E-state index is 12.2. The Balaban J connectivity index is 0.000000688. The number of nitrogens with one attached hydrogen (secondary N) is 2. The molecule has 2 atom stereocenters. The summed E-state index contributed by atoms with van der Waals surface area (Å²) in [7, 11) is -0.706. The number of amides is 1. The molecule has 1 saturated carbocycles. The molecular weight excluding hydrogens is 382 g/mol. The van der Waals surface area contributed by atoms with Crippen molar-refractivity contribution >= 4 is 28.1 Å². The van der Waals surface area contributed by atoms with E-state index in [0.717, 1.165) is 0 Å². The number of para-hydroxylation sites is 1. The molecule has 0 saturated heterocycles. The van der Waals surface area contributed by atoms with Gasteiger partial charge in [0.15, 0.2) is 0 Å². The van der Waals surface area contributed by atoms with Crippen molar-refractivity contribution in [1.82, 2.24) is 4.72 Å². The van der Waals surface area contributed by atoms with Crippen molar-refractivity contribution in [1.29, 1.82) is 0 Å². The molecule has 1 aromatic rings. The smallest absolute Gasteiger partial charge is 0.293 e. The van der Waals surface area contributed by atoms with Crippen LogP contribution in [0.15, 0.2) is 41.8 Å². The third kappa shape index (κ3) is 8.53. The van der Waals surface area contributed by atoms with E-state index in [1.54, 1.807) is 31.3 Å². The average molecular weight is 414 g/mol. The number of carbonyl (C=O) groups excluding carboxylic acids is 2. The summed E-state index contributed by atoms with van der Waals surface area (Å²) in [6.07, 6.45) is 2.34. The molecule has 8 nitrogen and oxygen atoms in total. The number of rotatable bonds is 6. The zero-order valence-corrected chi connectivity index (χ0v) is 17.9. The lowest BCUT2D eigenvalue weighted by molar-refractivity contribution is -0.138. The average Bonchev–Trinajstić information content (AvgIpc) is 3.42. The van der Waals surface area contributed by atoms with Gasteiger partial charge < -0.3 is 15.8 Å². The molecule has 0 aromatic heterocycles. The van der Waals surface area contributed by atoms with Gasteiger partial charge in [-0.15, -0.1) is 6.58 Å². The van der Waals surface area contributed by atoms with Gasteiger partial charge >= 0.3 is 0 Å². The maximum atomic E-state index is 12.2. The first kappa shape index (κ1) is 25.6. The van der Waals surface area contributed by atoms with Gasteiger partial charge in [0, 0.05) is 13.0 Å². The zero-order valence-electron chi connectivity index (χ0n) is 17.1. The Morgan fingerprint density at radius 3 is 2.25 bits per heavy atom. The molecule has 9 heteroatoms.